The van der Waals surface area contributed by atoms with Gasteiger partial charge in [-0.3, -0.25) is 0 Å². The van der Waals surface area contributed by atoms with Crippen molar-refractivity contribution in [2.75, 3.05) is 30.5 Å². The molecule has 2 rings (SSSR count). The molecule has 1 aliphatic heterocycles. The van der Waals surface area contributed by atoms with Crippen molar-refractivity contribution in [2.24, 2.45) is 0 Å². The number of thiazole rings is 1. The smallest absolute Gasteiger partial charge is 0.185 e. The first kappa shape index (κ1) is 12.2. The summed E-state index contributed by atoms with van der Waals surface area (Å²) in [7, 11) is 4.16. The van der Waals surface area contributed by atoms with Crippen LogP contribution in [-0.2, 0) is 6.54 Å². The molecular weight excluding hydrogens is 238 g/mol. The Morgan fingerprint density at radius 1 is 1.56 bits per heavy atom. The normalized spacial score (nSPS) is 20.3. The van der Waals surface area contributed by atoms with Crippen LogP contribution in [-0.4, -0.2) is 36.6 Å². The highest BCUT2D eigenvalue weighted by Crippen LogP contribution is 2.30. The van der Waals surface area contributed by atoms with Gasteiger partial charge in [-0.1, -0.05) is 0 Å². The highest BCUT2D eigenvalue weighted by Gasteiger charge is 2.22. The maximum atomic E-state index is 4.67. The van der Waals surface area contributed by atoms with E-state index in [1.807, 2.05) is 30.1 Å². The van der Waals surface area contributed by atoms with Crippen LogP contribution in [0.25, 0.3) is 0 Å². The van der Waals surface area contributed by atoms with Crippen molar-refractivity contribution in [1.82, 2.24) is 10.3 Å². The molecule has 1 fully saturated rings. The number of aromatic nitrogens is 1. The van der Waals surface area contributed by atoms with Crippen molar-refractivity contribution < 1.29 is 0 Å². The number of nitrogens with one attached hydrogen (secondary N) is 1. The largest absolute Gasteiger partial charge is 0.347 e. The van der Waals surface area contributed by atoms with Gasteiger partial charge in [-0.05, 0) is 26.1 Å². The van der Waals surface area contributed by atoms with Gasteiger partial charge in [-0.15, -0.1) is 11.3 Å². The average molecular weight is 257 g/mol. The van der Waals surface area contributed by atoms with Gasteiger partial charge in [0, 0.05) is 30.3 Å². The summed E-state index contributed by atoms with van der Waals surface area (Å²) in [5, 5.41) is 4.37. The molecule has 16 heavy (non-hydrogen) atoms. The molecule has 1 atom stereocenters. The van der Waals surface area contributed by atoms with Crippen LogP contribution < -0.4 is 10.2 Å². The summed E-state index contributed by atoms with van der Waals surface area (Å²) >= 11 is 3.87. The zero-order chi connectivity index (χ0) is 11.5. The van der Waals surface area contributed by atoms with Gasteiger partial charge in [0.2, 0.25) is 0 Å². The second-order valence-corrected chi connectivity index (χ2v) is 6.38. The highest BCUT2D eigenvalue weighted by atomic mass is 32.2. The molecule has 0 amide bonds. The summed E-state index contributed by atoms with van der Waals surface area (Å²) in [5.74, 6) is 2.54. The van der Waals surface area contributed by atoms with Crippen LogP contribution >= 0.6 is 23.1 Å². The van der Waals surface area contributed by atoms with Crippen LogP contribution in [0.1, 0.15) is 17.0 Å². The van der Waals surface area contributed by atoms with Gasteiger partial charge < -0.3 is 10.2 Å². The molecule has 1 saturated heterocycles. The van der Waals surface area contributed by atoms with Crippen molar-refractivity contribution in [1.29, 1.82) is 0 Å². The number of nitrogens with zero attached hydrogens (tertiary/aromatic N) is 2. The summed E-state index contributed by atoms with van der Waals surface area (Å²) in [6, 6.07) is 0.679. The minimum absolute atomic E-state index is 0.679. The third-order valence-corrected chi connectivity index (χ3v) is 5.37. The van der Waals surface area contributed by atoms with Crippen LogP contribution in [0, 0.1) is 6.92 Å². The monoisotopic (exact) mass is 257 g/mol. The molecule has 0 spiro atoms. The molecule has 2 heterocycles. The minimum Gasteiger partial charge on any atom is -0.347 e. The first-order chi connectivity index (χ1) is 7.72. The zero-order valence-electron chi connectivity index (χ0n) is 10.1. The molecule has 1 unspecified atom stereocenters. The van der Waals surface area contributed by atoms with E-state index >= 15 is 0 Å². The fourth-order valence-corrected chi connectivity index (χ4v) is 4.25. The summed E-state index contributed by atoms with van der Waals surface area (Å²) in [6.45, 7) is 3.03. The van der Waals surface area contributed by atoms with Gasteiger partial charge in [0.05, 0.1) is 5.69 Å². The maximum absolute atomic E-state index is 4.67. The van der Waals surface area contributed by atoms with Crippen LogP contribution in [0.4, 0.5) is 5.13 Å². The van der Waals surface area contributed by atoms with Gasteiger partial charge >= 0.3 is 0 Å². The maximum Gasteiger partial charge on any atom is 0.185 e. The Labute approximate surface area is 106 Å². The van der Waals surface area contributed by atoms with Crippen molar-refractivity contribution in [2.45, 2.75) is 25.9 Å². The molecule has 0 saturated carbocycles. The van der Waals surface area contributed by atoms with E-state index in [1.165, 1.54) is 33.6 Å². The standard InChI is InChI=1S/C11H19N3S2/c1-8-10(6-12-2)16-11(13-8)14(3)9-4-5-15-7-9/h9,12H,4-7H2,1-3H3. The van der Waals surface area contributed by atoms with Gasteiger partial charge in [0.1, 0.15) is 0 Å². The predicted molar refractivity (Wildman–Crippen MR) is 73.7 cm³/mol. The van der Waals surface area contributed by atoms with Gasteiger partial charge in [-0.25, -0.2) is 4.98 Å². The van der Waals surface area contributed by atoms with Gasteiger partial charge in [0.25, 0.3) is 0 Å². The molecule has 0 bridgehead atoms. The van der Waals surface area contributed by atoms with E-state index in [0.29, 0.717) is 6.04 Å². The topological polar surface area (TPSA) is 28.2 Å². The molecule has 90 valence electrons. The Morgan fingerprint density at radius 3 is 3.00 bits per heavy atom. The molecule has 1 N–H and O–H groups in total. The Bertz CT molecular complexity index is 345. The second-order valence-electron chi connectivity index (χ2n) is 4.16. The fourth-order valence-electron chi connectivity index (χ4n) is 1.87. The van der Waals surface area contributed by atoms with Crippen LogP contribution in [0.5, 0.6) is 0 Å². The van der Waals surface area contributed by atoms with E-state index in [2.05, 4.69) is 29.2 Å². The summed E-state index contributed by atoms with van der Waals surface area (Å²) < 4.78 is 0. The molecule has 0 aliphatic carbocycles. The van der Waals surface area contributed by atoms with E-state index in [4.69, 9.17) is 0 Å². The number of rotatable bonds is 4. The van der Waals surface area contributed by atoms with E-state index in [-0.39, 0.29) is 0 Å². The third kappa shape index (κ3) is 2.52. The van der Waals surface area contributed by atoms with E-state index in [9.17, 15) is 0 Å². The third-order valence-electron chi connectivity index (χ3n) is 2.97. The lowest BCUT2D eigenvalue weighted by Crippen LogP contribution is -2.31. The van der Waals surface area contributed by atoms with Gasteiger partial charge in [0.15, 0.2) is 5.13 Å². The fraction of sp³-hybridized carbons (Fsp3) is 0.727. The lowest BCUT2D eigenvalue weighted by atomic mass is 10.2. The summed E-state index contributed by atoms with van der Waals surface area (Å²) in [5.41, 5.74) is 1.17. The van der Waals surface area contributed by atoms with E-state index in [0.717, 1.165) is 6.54 Å². The average Bonchev–Trinajstić information content (AvgIpc) is 2.88. The first-order valence-corrected chi connectivity index (χ1v) is 7.61. The highest BCUT2D eigenvalue weighted by molar-refractivity contribution is 7.99. The second kappa shape index (κ2) is 5.38. The number of hydrogen-bond donors (Lipinski definition) is 1. The molecule has 3 nitrogen and oxygen atoms in total. The Balaban J connectivity index is 2.10. The van der Waals surface area contributed by atoms with Crippen LogP contribution in [0.15, 0.2) is 0 Å². The Morgan fingerprint density at radius 2 is 2.38 bits per heavy atom. The molecule has 0 aromatic carbocycles. The molecule has 1 aromatic heterocycles. The lowest BCUT2D eigenvalue weighted by molar-refractivity contribution is 0.697. The van der Waals surface area contributed by atoms with Crippen molar-refractivity contribution >= 4 is 28.2 Å². The number of anilines is 1. The SMILES string of the molecule is CNCc1sc(N(C)C2CCSC2)nc1C. The summed E-state index contributed by atoms with van der Waals surface area (Å²) in [4.78, 5) is 8.38. The Hall–Kier alpha value is -0.260. The molecule has 5 heteroatoms. The molecule has 0 radical (unpaired) electrons. The van der Waals surface area contributed by atoms with E-state index in [1.54, 1.807) is 0 Å². The van der Waals surface area contributed by atoms with Crippen LogP contribution in [0.3, 0.4) is 0 Å². The van der Waals surface area contributed by atoms with Crippen molar-refractivity contribution in [3.05, 3.63) is 10.6 Å². The molecule has 1 aromatic rings. The summed E-state index contributed by atoms with van der Waals surface area (Å²) in [6.07, 6.45) is 1.29. The van der Waals surface area contributed by atoms with Crippen molar-refractivity contribution in [3.8, 4) is 0 Å². The Kier molecular flexibility index (Phi) is 4.10. The minimum atomic E-state index is 0.679. The predicted octanol–water partition coefficient (Wildman–Crippen LogP) is 2.11. The zero-order valence-corrected chi connectivity index (χ0v) is 11.7. The van der Waals surface area contributed by atoms with Crippen molar-refractivity contribution in [3.63, 3.8) is 0 Å². The number of hydrogen-bond acceptors (Lipinski definition) is 5. The van der Waals surface area contributed by atoms with E-state index < -0.39 is 0 Å². The van der Waals surface area contributed by atoms with Gasteiger partial charge in [-0.2, -0.15) is 11.8 Å². The molecule has 1 aliphatic rings. The quantitative estimate of drug-likeness (QED) is 0.894. The van der Waals surface area contributed by atoms with Crippen LogP contribution in [0.2, 0.25) is 0 Å². The number of thioether (sulfide) groups is 1. The first-order valence-electron chi connectivity index (χ1n) is 5.64. The molecular formula is C11H19N3S2. The lowest BCUT2D eigenvalue weighted by Gasteiger charge is -2.22. The number of aryl methyl sites for hydroxylation is 1.